The zero-order chi connectivity index (χ0) is 19.6. The van der Waals surface area contributed by atoms with Crippen LogP contribution in [0, 0.1) is 11.8 Å². The molecule has 7 heteroatoms. The van der Waals surface area contributed by atoms with Gasteiger partial charge in [0.25, 0.3) is 5.91 Å². The normalized spacial score (nSPS) is 19.6. The summed E-state index contributed by atoms with van der Waals surface area (Å²) in [5.41, 5.74) is -0.458. The van der Waals surface area contributed by atoms with E-state index in [9.17, 15) is 9.59 Å². The van der Waals surface area contributed by atoms with Crippen LogP contribution in [0.25, 0.3) is 0 Å². The van der Waals surface area contributed by atoms with Gasteiger partial charge >= 0.3 is 6.09 Å². The molecule has 5 nitrogen and oxygen atoms in total. The molecule has 1 aromatic heterocycles. The van der Waals surface area contributed by atoms with E-state index in [1.54, 1.807) is 17.0 Å². The van der Waals surface area contributed by atoms with E-state index in [0.29, 0.717) is 21.0 Å². The molecule has 1 atom stereocenters. The van der Waals surface area contributed by atoms with Crippen molar-refractivity contribution in [2.75, 3.05) is 13.1 Å². The Hall–Kier alpha value is -1.27. The monoisotopic (exact) mass is 412 g/mol. The van der Waals surface area contributed by atoms with Crippen molar-refractivity contribution in [1.29, 1.82) is 0 Å². The summed E-state index contributed by atoms with van der Waals surface area (Å²) in [5.74, 6) is 1.10. The molecular weight excluding hydrogens is 384 g/mol. The van der Waals surface area contributed by atoms with Gasteiger partial charge in [-0.15, -0.1) is 11.3 Å². The van der Waals surface area contributed by atoms with Crippen LogP contribution in [0.3, 0.4) is 0 Å². The minimum atomic E-state index is -0.458. The van der Waals surface area contributed by atoms with Gasteiger partial charge in [-0.2, -0.15) is 0 Å². The van der Waals surface area contributed by atoms with Crippen LogP contribution >= 0.6 is 22.9 Å². The number of nitrogens with zero attached hydrogens (tertiary/aromatic N) is 1. The minimum absolute atomic E-state index is 0.0185. The summed E-state index contributed by atoms with van der Waals surface area (Å²) in [4.78, 5) is 27.2. The molecular formula is C20H29ClN2O3S. The van der Waals surface area contributed by atoms with Crippen LogP contribution in [0.2, 0.25) is 4.34 Å². The summed E-state index contributed by atoms with van der Waals surface area (Å²) in [7, 11) is 0. The smallest absolute Gasteiger partial charge is 0.410 e. The largest absolute Gasteiger partial charge is 0.444 e. The maximum Gasteiger partial charge on any atom is 0.410 e. The third-order valence-corrected chi connectivity index (χ3v) is 6.39. The number of nitrogens with one attached hydrogen (secondary N) is 1. The van der Waals surface area contributed by atoms with Gasteiger partial charge in [-0.3, -0.25) is 4.79 Å². The molecule has 1 aliphatic heterocycles. The molecule has 1 aromatic rings. The second-order valence-electron chi connectivity index (χ2n) is 8.67. The van der Waals surface area contributed by atoms with E-state index < -0.39 is 5.60 Å². The lowest BCUT2D eigenvalue weighted by molar-refractivity contribution is 0.0177. The minimum Gasteiger partial charge on any atom is -0.444 e. The zero-order valence-corrected chi connectivity index (χ0v) is 17.9. The Labute approximate surface area is 170 Å². The molecule has 1 aliphatic carbocycles. The Morgan fingerprint density at radius 2 is 1.93 bits per heavy atom. The van der Waals surface area contributed by atoms with Gasteiger partial charge in [0, 0.05) is 19.1 Å². The average Bonchev–Trinajstić information content (AvgIpc) is 3.34. The van der Waals surface area contributed by atoms with E-state index in [0.717, 1.165) is 32.4 Å². The highest BCUT2D eigenvalue weighted by molar-refractivity contribution is 7.18. The van der Waals surface area contributed by atoms with E-state index in [4.69, 9.17) is 16.3 Å². The van der Waals surface area contributed by atoms with Crippen LogP contribution < -0.4 is 5.32 Å². The first-order chi connectivity index (χ1) is 12.7. The molecule has 0 radical (unpaired) electrons. The molecule has 150 valence electrons. The summed E-state index contributed by atoms with van der Waals surface area (Å²) in [5, 5.41) is 3.23. The number of ether oxygens (including phenoxy) is 1. The number of hydrogen-bond acceptors (Lipinski definition) is 4. The predicted molar refractivity (Wildman–Crippen MR) is 108 cm³/mol. The van der Waals surface area contributed by atoms with Gasteiger partial charge in [-0.1, -0.05) is 11.6 Å². The van der Waals surface area contributed by atoms with Crippen LogP contribution in [-0.4, -0.2) is 41.6 Å². The number of rotatable bonds is 5. The molecule has 2 heterocycles. The van der Waals surface area contributed by atoms with Crippen molar-refractivity contribution in [2.45, 2.75) is 64.5 Å². The van der Waals surface area contributed by atoms with Crippen molar-refractivity contribution in [3.63, 3.8) is 0 Å². The van der Waals surface area contributed by atoms with Crippen molar-refractivity contribution in [2.24, 2.45) is 11.8 Å². The lowest BCUT2D eigenvalue weighted by atomic mass is 9.88. The summed E-state index contributed by atoms with van der Waals surface area (Å²) in [6, 6.07) is 3.77. The molecule has 1 saturated carbocycles. The van der Waals surface area contributed by atoms with Crippen LogP contribution in [0.4, 0.5) is 4.79 Å². The Bertz CT molecular complexity index is 673. The van der Waals surface area contributed by atoms with Crippen molar-refractivity contribution in [1.82, 2.24) is 10.2 Å². The van der Waals surface area contributed by atoms with Crippen LogP contribution in [0.15, 0.2) is 12.1 Å². The molecule has 0 unspecified atom stereocenters. The van der Waals surface area contributed by atoms with Crippen molar-refractivity contribution in [3.8, 4) is 0 Å². The first-order valence-corrected chi connectivity index (χ1v) is 10.9. The highest BCUT2D eigenvalue weighted by atomic mass is 35.5. The van der Waals surface area contributed by atoms with Crippen molar-refractivity contribution >= 4 is 34.9 Å². The molecule has 1 saturated heterocycles. The molecule has 0 bridgehead atoms. The molecule has 2 aliphatic rings. The molecule has 27 heavy (non-hydrogen) atoms. The van der Waals surface area contributed by atoms with Gasteiger partial charge in [-0.05, 0) is 76.8 Å². The third kappa shape index (κ3) is 6.11. The highest BCUT2D eigenvalue weighted by Crippen LogP contribution is 2.37. The Morgan fingerprint density at radius 3 is 2.44 bits per heavy atom. The summed E-state index contributed by atoms with van der Waals surface area (Å²) in [6.45, 7) is 7.13. The Morgan fingerprint density at radius 1 is 1.26 bits per heavy atom. The SMILES string of the molecule is CC(C)(C)OC(=O)N1CCC(C[C@@H](NC(=O)c2ccc(Cl)s2)C2CC2)CC1. The lowest BCUT2D eigenvalue weighted by Gasteiger charge is -2.34. The van der Waals surface area contributed by atoms with Gasteiger partial charge in [0.1, 0.15) is 5.60 Å². The first kappa shape index (κ1) is 20.5. The molecule has 0 aromatic carbocycles. The van der Waals surface area contributed by atoms with E-state index in [2.05, 4.69) is 5.32 Å². The maximum atomic E-state index is 12.5. The van der Waals surface area contributed by atoms with E-state index in [1.165, 1.54) is 24.2 Å². The Balaban J connectivity index is 1.49. The second-order valence-corrected chi connectivity index (χ2v) is 10.4. The zero-order valence-electron chi connectivity index (χ0n) is 16.3. The number of thiophene rings is 1. The molecule has 1 N–H and O–H groups in total. The van der Waals surface area contributed by atoms with E-state index in [-0.39, 0.29) is 18.0 Å². The third-order valence-electron chi connectivity index (χ3n) is 5.16. The molecule has 2 amide bonds. The van der Waals surface area contributed by atoms with Crippen LogP contribution in [0.1, 0.15) is 62.5 Å². The number of halogens is 1. The number of hydrogen-bond donors (Lipinski definition) is 1. The quantitative estimate of drug-likeness (QED) is 0.744. The van der Waals surface area contributed by atoms with Gasteiger partial charge < -0.3 is 15.0 Å². The van der Waals surface area contributed by atoms with Crippen molar-refractivity contribution < 1.29 is 14.3 Å². The van der Waals surface area contributed by atoms with Gasteiger partial charge in [0.2, 0.25) is 0 Å². The maximum absolute atomic E-state index is 12.5. The highest BCUT2D eigenvalue weighted by Gasteiger charge is 2.35. The fourth-order valence-corrected chi connectivity index (χ4v) is 4.53. The Kier molecular flexibility index (Phi) is 6.36. The summed E-state index contributed by atoms with van der Waals surface area (Å²) < 4.78 is 6.10. The first-order valence-electron chi connectivity index (χ1n) is 9.75. The topological polar surface area (TPSA) is 58.6 Å². The number of amides is 2. The van der Waals surface area contributed by atoms with E-state index in [1.807, 2.05) is 20.8 Å². The van der Waals surface area contributed by atoms with Gasteiger partial charge in [-0.25, -0.2) is 4.79 Å². The molecule has 3 rings (SSSR count). The predicted octanol–water partition coefficient (Wildman–Crippen LogP) is 4.95. The van der Waals surface area contributed by atoms with E-state index >= 15 is 0 Å². The number of carbonyl (C=O) groups is 2. The number of piperidine rings is 1. The van der Waals surface area contributed by atoms with Crippen molar-refractivity contribution in [3.05, 3.63) is 21.3 Å². The number of likely N-dealkylation sites (tertiary alicyclic amines) is 1. The fourth-order valence-electron chi connectivity index (χ4n) is 3.58. The van der Waals surface area contributed by atoms with Gasteiger partial charge in [0.15, 0.2) is 0 Å². The second kappa shape index (κ2) is 8.39. The number of carbonyl (C=O) groups excluding carboxylic acids is 2. The lowest BCUT2D eigenvalue weighted by Crippen LogP contribution is -2.43. The summed E-state index contributed by atoms with van der Waals surface area (Å²) >= 11 is 7.27. The average molecular weight is 413 g/mol. The van der Waals surface area contributed by atoms with Crippen LogP contribution in [-0.2, 0) is 4.74 Å². The van der Waals surface area contributed by atoms with Crippen LogP contribution in [0.5, 0.6) is 0 Å². The van der Waals surface area contributed by atoms with Gasteiger partial charge in [0.05, 0.1) is 9.21 Å². The standard InChI is InChI=1S/C20H29ClN2O3S/c1-20(2,3)26-19(25)23-10-8-13(9-11-23)12-15(14-4-5-14)22-18(24)16-6-7-17(21)27-16/h6-7,13-15H,4-5,8-12H2,1-3H3,(H,22,24)/t15-/m1/s1. The fraction of sp³-hybridized carbons (Fsp3) is 0.700. The molecule has 0 spiro atoms. The molecule has 2 fully saturated rings. The summed E-state index contributed by atoms with van der Waals surface area (Å²) in [6.07, 6.45) is 5.06.